The van der Waals surface area contributed by atoms with E-state index in [-0.39, 0.29) is 36.3 Å². The van der Waals surface area contributed by atoms with Gasteiger partial charge in [-0.15, -0.1) is 0 Å². The van der Waals surface area contributed by atoms with E-state index in [9.17, 15) is 9.18 Å². The van der Waals surface area contributed by atoms with E-state index < -0.39 is 5.82 Å². The molecule has 0 amide bonds. The predicted octanol–water partition coefficient (Wildman–Crippen LogP) is 3.69. The van der Waals surface area contributed by atoms with E-state index in [1.165, 1.54) is 13.2 Å². The van der Waals surface area contributed by atoms with Gasteiger partial charge in [-0.05, 0) is 42.8 Å². The van der Waals surface area contributed by atoms with Crippen LogP contribution >= 0.6 is 0 Å². The zero-order chi connectivity index (χ0) is 30.9. The monoisotopic (exact) mass is 612 g/mol. The molecular weight excluding hydrogens is 579 g/mol. The molecule has 0 spiro atoms. The Morgan fingerprint density at radius 3 is 2.76 bits per heavy atom. The van der Waals surface area contributed by atoms with Gasteiger partial charge in [0, 0.05) is 31.3 Å². The highest BCUT2D eigenvalue weighted by Crippen LogP contribution is 2.31. The Kier molecular flexibility index (Phi) is 8.06. The van der Waals surface area contributed by atoms with Crippen LogP contribution in [0.3, 0.4) is 0 Å². The smallest absolute Gasteiger partial charge is 0.337 e. The van der Waals surface area contributed by atoms with E-state index in [1.54, 1.807) is 24.3 Å². The molecule has 0 saturated carbocycles. The summed E-state index contributed by atoms with van der Waals surface area (Å²) in [5.41, 5.74) is 2.84. The van der Waals surface area contributed by atoms with Crippen LogP contribution < -0.4 is 9.64 Å². The van der Waals surface area contributed by atoms with Gasteiger partial charge >= 0.3 is 5.97 Å². The maximum Gasteiger partial charge on any atom is 0.337 e. The average molecular weight is 613 g/mol. The molecule has 12 heteroatoms. The molecule has 3 aliphatic rings. The van der Waals surface area contributed by atoms with Crippen molar-refractivity contribution in [3.63, 3.8) is 0 Å². The van der Waals surface area contributed by atoms with Crippen LogP contribution in [0.25, 0.3) is 11.0 Å². The summed E-state index contributed by atoms with van der Waals surface area (Å²) < 4.78 is 39.1. The fourth-order valence-electron chi connectivity index (χ4n) is 6.31. The number of hydrogen-bond acceptors (Lipinski definition) is 10. The fraction of sp³-hybridized carbons (Fsp3) is 0.394. The van der Waals surface area contributed by atoms with Crippen molar-refractivity contribution >= 4 is 22.8 Å². The molecule has 2 aromatic heterocycles. The molecule has 3 atom stereocenters. The Morgan fingerprint density at radius 1 is 1.11 bits per heavy atom. The quantitative estimate of drug-likeness (QED) is 0.259. The number of pyridine rings is 1. The minimum Gasteiger partial charge on any atom is -0.473 e. The number of fused-ring (bicyclic) bond motifs is 2. The molecular formula is C33H33FN6O5. The van der Waals surface area contributed by atoms with Crippen LogP contribution in [0, 0.1) is 17.1 Å². The SMILES string of the molecule is COC(=O)c1ccc2nc(CN3CCN(c4cccc(OCc5ccc(C#N)cc5F)n4)C4COCC43)n(C[C@@H]3CCO3)c2c1. The van der Waals surface area contributed by atoms with Crippen LogP contribution in [0.15, 0.2) is 54.6 Å². The van der Waals surface area contributed by atoms with Gasteiger partial charge in [-0.25, -0.2) is 14.2 Å². The molecule has 3 aliphatic heterocycles. The summed E-state index contributed by atoms with van der Waals surface area (Å²) in [7, 11) is 1.38. The van der Waals surface area contributed by atoms with Gasteiger partial charge in [0.25, 0.3) is 0 Å². The number of benzene rings is 2. The van der Waals surface area contributed by atoms with E-state index in [0.29, 0.717) is 43.3 Å². The third-order valence-electron chi connectivity index (χ3n) is 8.85. The molecule has 0 bridgehead atoms. The number of esters is 1. The number of piperazine rings is 1. The van der Waals surface area contributed by atoms with Gasteiger partial charge in [-0.3, -0.25) is 4.90 Å². The molecule has 4 aromatic rings. The molecule has 5 heterocycles. The Morgan fingerprint density at radius 2 is 1.98 bits per heavy atom. The van der Waals surface area contributed by atoms with Crippen molar-refractivity contribution in [2.75, 3.05) is 44.9 Å². The number of carbonyl (C=O) groups is 1. The number of carbonyl (C=O) groups excluding carboxylic acids is 1. The number of nitrogens with zero attached hydrogens (tertiary/aromatic N) is 6. The van der Waals surface area contributed by atoms with Crippen LogP contribution in [-0.2, 0) is 33.9 Å². The van der Waals surface area contributed by atoms with Gasteiger partial charge in [0.1, 0.15) is 24.1 Å². The maximum absolute atomic E-state index is 14.4. The number of anilines is 1. The summed E-state index contributed by atoms with van der Waals surface area (Å²) in [6.07, 6.45) is 1.11. The minimum atomic E-state index is -0.482. The first-order valence-corrected chi connectivity index (χ1v) is 15.1. The second-order valence-corrected chi connectivity index (χ2v) is 11.5. The van der Waals surface area contributed by atoms with Gasteiger partial charge in [-0.1, -0.05) is 12.1 Å². The highest BCUT2D eigenvalue weighted by molar-refractivity contribution is 5.93. The van der Waals surface area contributed by atoms with Crippen molar-refractivity contribution in [3.05, 3.63) is 82.9 Å². The van der Waals surface area contributed by atoms with Crippen molar-refractivity contribution in [2.24, 2.45) is 0 Å². The van der Waals surface area contributed by atoms with Crippen LogP contribution in [-0.4, -0.2) is 83.6 Å². The summed E-state index contributed by atoms with van der Waals surface area (Å²) in [5.74, 6) is 1.23. The molecule has 2 unspecified atom stereocenters. The van der Waals surface area contributed by atoms with E-state index in [0.717, 1.165) is 48.8 Å². The van der Waals surface area contributed by atoms with Gasteiger partial charge in [-0.2, -0.15) is 10.2 Å². The van der Waals surface area contributed by atoms with E-state index in [2.05, 4.69) is 14.4 Å². The minimum absolute atomic E-state index is 0.00492. The summed E-state index contributed by atoms with van der Waals surface area (Å²) in [5, 5.41) is 8.99. The van der Waals surface area contributed by atoms with Crippen LogP contribution in [0.5, 0.6) is 5.88 Å². The highest BCUT2D eigenvalue weighted by atomic mass is 19.1. The fourth-order valence-corrected chi connectivity index (χ4v) is 6.31. The summed E-state index contributed by atoms with van der Waals surface area (Å²) >= 11 is 0. The number of aromatic nitrogens is 3. The lowest BCUT2D eigenvalue weighted by molar-refractivity contribution is -0.0592. The number of imidazole rings is 1. The van der Waals surface area contributed by atoms with Gasteiger partial charge in [0.2, 0.25) is 5.88 Å². The second kappa shape index (κ2) is 12.4. The van der Waals surface area contributed by atoms with Gasteiger partial charge < -0.3 is 28.4 Å². The first kappa shape index (κ1) is 29.2. The molecule has 232 valence electrons. The molecule has 45 heavy (non-hydrogen) atoms. The van der Waals surface area contributed by atoms with Crippen molar-refractivity contribution < 1.29 is 28.1 Å². The molecule has 3 fully saturated rings. The van der Waals surface area contributed by atoms with Crippen molar-refractivity contribution in [1.29, 1.82) is 5.26 Å². The molecule has 11 nitrogen and oxygen atoms in total. The van der Waals surface area contributed by atoms with E-state index in [1.807, 2.05) is 30.3 Å². The predicted molar refractivity (Wildman–Crippen MR) is 161 cm³/mol. The number of nitriles is 1. The van der Waals surface area contributed by atoms with Crippen molar-refractivity contribution in [1.82, 2.24) is 19.4 Å². The molecule has 2 aromatic carbocycles. The topological polar surface area (TPSA) is 115 Å². The number of methoxy groups -OCH3 is 1. The third-order valence-corrected chi connectivity index (χ3v) is 8.85. The Labute approximate surface area is 259 Å². The normalized spacial score (nSPS) is 21.3. The third kappa shape index (κ3) is 5.82. The van der Waals surface area contributed by atoms with E-state index >= 15 is 0 Å². The molecule has 0 radical (unpaired) electrons. The highest BCUT2D eigenvalue weighted by Gasteiger charge is 2.42. The van der Waals surface area contributed by atoms with E-state index in [4.69, 9.17) is 34.2 Å². The summed E-state index contributed by atoms with van der Waals surface area (Å²) in [6, 6.07) is 17.6. The lowest BCUT2D eigenvalue weighted by Gasteiger charge is -2.44. The Bertz CT molecular complexity index is 1770. The summed E-state index contributed by atoms with van der Waals surface area (Å²) in [6.45, 7) is 4.71. The molecule has 0 aliphatic carbocycles. The lowest BCUT2D eigenvalue weighted by atomic mass is 10.0. The van der Waals surface area contributed by atoms with Gasteiger partial charge in [0.15, 0.2) is 0 Å². The Hall–Kier alpha value is -4.57. The first-order valence-electron chi connectivity index (χ1n) is 15.1. The lowest BCUT2D eigenvalue weighted by Crippen LogP contribution is -2.59. The Balaban J connectivity index is 1.08. The zero-order valence-corrected chi connectivity index (χ0v) is 24.9. The molecule has 0 N–H and O–H groups in total. The number of rotatable bonds is 9. The standard InChI is InChI=1S/C33H33FN6O5/c1-42-33(41)22-7-8-26-27(14-22)40(16-24-9-12-44-24)31(36-26)17-38-10-11-39(29-20-43-19-28(29)38)30-3-2-4-32(37-30)45-18-23-6-5-21(15-35)13-25(23)34/h2-8,13-14,24,28-29H,9-12,16-20H2,1H3/t24-,28?,29?/m0/s1. The molecule has 7 rings (SSSR count). The summed E-state index contributed by atoms with van der Waals surface area (Å²) in [4.78, 5) is 26.7. The first-order chi connectivity index (χ1) is 22.0. The second-order valence-electron chi connectivity index (χ2n) is 11.5. The van der Waals surface area contributed by atoms with Crippen LogP contribution in [0.2, 0.25) is 0 Å². The zero-order valence-electron chi connectivity index (χ0n) is 24.9. The van der Waals surface area contributed by atoms with Crippen LogP contribution in [0.1, 0.15) is 33.7 Å². The largest absolute Gasteiger partial charge is 0.473 e. The van der Waals surface area contributed by atoms with Crippen molar-refractivity contribution in [3.8, 4) is 11.9 Å². The van der Waals surface area contributed by atoms with Gasteiger partial charge in [0.05, 0.1) is 79.8 Å². The number of ether oxygens (including phenoxy) is 4. The maximum atomic E-state index is 14.4. The number of halogens is 1. The average Bonchev–Trinajstić information content (AvgIpc) is 3.67. The van der Waals surface area contributed by atoms with Crippen molar-refractivity contribution in [2.45, 2.75) is 44.3 Å². The number of hydrogen-bond donors (Lipinski definition) is 0. The van der Waals surface area contributed by atoms with Crippen LogP contribution in [0.4, 0.5) is 10.2 Å². The molecule has 3 saturated heterocycles.